The Bertz CT molecular complexity index is 920. The van der Waals surface area contributed by atoms with Crippen LogP contribution < -0.4 is 10.9 Å². The van der Waals surface area contributed by atoms with Gasteiger partial charge in [0.1, 0.15) is 0 Å². The fraction of sp³-hybridized carbons (Fsp3) is 0.188. The van der Waals surface area contributed by atoms with Crippen LogP contribution in [0.4, 0.5) is 5.69 Å². The molecule has 0 bridgehead atoms. The Balaban J connectivity index is 1.55. The van der Waals surface area contributed by atoms with E-state index in [1.165, 1.54) is 33.6 Å². The number of benzene rings is 1. The van der Waals surface area contributed by atoms with E-state index in [0.29, 0.717) is 22.2 Å². The molecule has 0 spiro atoms. The third-order valence-electron chi connectivity index (χ3n) is 3.19. The van der Waals surface area contributed by atoms with E-state index >= 15 is 0 Å². The van der Waals surface area contributed by atoms with E-state index < -0.39 is 0 Å². The zero-order valence-electron chi connectivity index (χ0n) is 12.9. The molecule has 0 fully saturated rings. The minimum absolute atomic E-state index is 0.0628. The van der Waals surface area contributed by atoms with Gasteiger partial charge in [-0.2, -0.15) is 0 Å². The van der Waals surface area contributed by atoms with Gasteiger partial charge >= 0.3 is 0 Å². The molecule has 5 nitrogen and oxygen atoms in total. The van der Waals surface area contributed by atoms with Gasteiger partial charge in [0.25, 0.3) is 5.56 Å². The predicted molar refractivity (Wildman–Crippen MR) is 102 cm³/mol. The number of thiazole rings is 1. The van der Waals surface area contributed by atoms with Gasteiger partial charge < -0.3 is 5.32 Å². The lowest BCUT2D eigenvalue weighted by Crippen LogP contribution is -2.15. The van der Waals surface area contributed by atoms with Crippen LogP contribution in [-0.4, -0.2) is 27.3 Å². The molecule has 24 heavy (non-hydrogen) atoms. The number of rotatable bonds is 6. The molecule has 1 aromatic carbocycles. The molecule has 0 saturated carbocycles. The number of hydrogen-bond donors (Lipinski definition) is 1. The van der Waals surface area contributed by atoms with Crippen molar-refractivity contribution in [2.24, 2.45) is 0 Å². The number of aromatic nitrogens is 2. The molecule has 1 N–H and O–H groups in total. The largest absolute Gasteiger partial charge is 0.325 e. The Morgan fingerprint density at radius 1 is 1.38 bits per heavy atom. The van der Waals surface area contributed by atoms with Crippen molar-refractivity contribution in [3.63, 3.8) is 0 Å². The SMILES string of the molecule is CSc1cccc(NC(=O)CSCc2cc(=O)n3ccsc3n2)c1. The van der Waals surface area contributed by atoms with Crippen LogP contribution in [0.2, 0.25) is 0 Å². The fourth-order valence-corrected chi connectivity index (χ4v) is 4.02. The summed E-state index contributed by atoms with van der Waals surface area (Å²) in [5.74, 6) is 0.781. The van der Waals surface area contributed by atoms with Crippen LogP contribution in [0.25, 0.3) is 4.96 Å². The normalized spacial score (nSPS) is 10.9. The highest BCUT2D eigenvalue weighted by molar-refractivity contribution is 7.99. The summed E-state index contributed by atoms with van der Waals surface area (Å²) in [5, 5.41) is 4.71. The van der Waals surface area contributed by atoms with Gasteiger partial charge in [-0.25, -0.2) is 4.98 Å². The van der Waals surface area contributed by atoms with E-state index in [0.717, 1.165) is 10.6 Å². The highest BCUT2D eigenvalue weighted by atomic mass is 32.2. The Morgan fingerprint density at radius 2 is 2.25 bits per heavy atom. The first-order valence-corrected chi connectivity index (χ1v) is 10.4. The molecular formula is C16H15N3O2S3. The van der Waals surface area contributed by atoms with Crippen LogP contribution >= 0.6 is 34.9 Å². The van der Waals surface area contributed by atoms with Gasteiger partial charge in [-0.3, -0.25) is 14.0 Å². The fourth-order valence-electron chi connectivity index (χ4n) is 2.11. The Morgan fingerprint density at radius 3 is 3.08 bits per heavy atom. The Hall–Kier alpha value is -1.77. The van der Waals surface area contributed by atoms with Crippen molar-refractivity contribution < 1.29 is 4.79 Å². The number of fused-ring (bicyclic) bond motifs is 1. The molecular weight excluding hydrogens is 362 g/mol. The second kappa shape index (κ2) is 7.87. The Kier molecular flexibility index (Phi) is 5.60. The maximum absolute atomic E-state index is 12.0. The van der Waals surface area contributed by atoms with Gasteiger partial charge in [0.05, 0.1) is 11.4 Å². The second-order valence-corrected chi connectivity index (χ2v) is 7.65. The summed E-state index contributed by atoms with van der Waals surface area (Å²) in [5.41, 5.74) is 1.41. The van der Waals surface area contributed by atoms with Gasteiger partial charge in [0, 0.05) is 34.0 Å². The van der Waals surface area contributed by atoms with Crippen LogP contribution in [0, 0.1) is 0 Å². The quantitative estimate of drug-likeness (QED) is 0.668. The van der Waals surface area contributed by atoms with Gasteiger partial charge in [0.15, 0.2) is 4.96 Å². The lowest BCUT2D eigenvalue weighted by atomic mass is 10.3. The number of carbonyl (C=O) groups is 1. The molecule has 0 atom stereocenters. The first-order valence-electron chi connectivity index (χ1n) is 7.13. The molecule has 0 saturated heterocycles. The van der Waals surface area contributed by atoms with Crippen molar-refractivity contribution in [1.29, 1.82) is 0 Å². The van der Waals surface area contributed by atoms with Gasteiger partial charge in [-0.1, -0.05) is 6.07 Å². The number of carbonyl (C=O) groups excluding carboxylic acids is 1. The van der Waals surface area contributed by atoms with E-state index in [9.17, 15) is 9.59 Å². The number of thioether (sulfide) groups is 2. The molecule has 3 aromatic rings. The molecule has 2 heterocycles. The predicted octanol–water partition coefficient (Wildman–Crippen LogP) is 3.35. The molecule has 0 aliphatic carbocycles. The number of nitrogens with one attached hydrogen (secondary N) is 1. The van der Waals surface area contributed by atoms with Crippen molar-refractivity contribution in [2.75, 3.05) is 17.3 Å². The third-order valence-corrected chi connectivity index (χ3v) is 5.64. The van der Waals surface area contributed by atoms with E-state index in [1.807, 2.05) is 35.9 Å². The Labute approximate surface area is 151 Å². The van der Waals surface area contributed by atoms with Crippen molar-refractivity contribution in [3.8, 4) is 0 Å². The summed E-state index contributed by atoms with van der Waals surface area (Å²) in [6.45, 7) is 0. The van der Waals surface area contributed by atoms with Gasteiger partial charge in [0.2, 0.25) is 5.91 Å². The summed E-state index contributed by atoms with van der Waals surface area (Å²) < 4.78 is 1.52. The van der Waals surface area contributed by atoms with E-state index in [4.69, 9.17) is 0 Å². The highest BCUT2D eigenvalue weighted by Crippen LogP contribution is 2.19. The maximum Gasteiger partial charge on any atom is 0.258 e. The van der Waals surface area contributed by atoms with Crippen LogP contribution in [0.1, 0.15) is 5.69 Å². The molecule has 0 radical (unpaired) electrons. The first-order chi connectivity index (χ1) is 11.7. The van der Waals surface area contributed by atoms with Crippen molar-refractivity contribution in [3.05, 3.63) is 58.0 Å². The van der Waals surface area contributed by atoms with Crippen molar-refractivity contribution >= 4 is 51.4 Å². The zero-order chi connectivity index (χ0) is 16.9. The third kappa shape index (κ3) is 4.19. The smallest absolute Gasteiger partial charge is 0.258 e. The highest BCUT2D eigenvalue weighted by Gasteiger charge is 2.07. The standard InChI is InChI=1S/C16H15N3O2S3/c1-22-13-4-2-3-11(7-13)17-14(20)10-23-9-12-8-15(21)19-5-6-24-16(19)18-12/h2-8H,9-10H2,1H3,(H,17,20). The van der Waals surface area contributed by atoms with Gasteiger partial charge in [-0.05, 0) is 24.5 Å². The topological polar surface area (TPSA) is 63.5 Å². The molecule has 0 aliphatic rings. The lowest BCUT2D eigenvalue weighted by molar-refractivity contribution is -0.113. The average Bonchev–Trinajstić information content (AvgIpc) is 3.04. The molecule has 0 aliphatic heterocycles. The molecule has 3 rings (SSSR count). The maximum atomic E-state index is 12.0. The van der Waals surface area contributed by atoms with E-state index in [-0.39, 0.29) is 11.5 Å². The molecule has 124 valence electrons. The molecule has 1 amide bonds. The number of nitrogens with zero attached hydrogens (tertiary/aromatic N) is 2. The van der Waals surface area contributed by atoms with Crippen LogP contribution in [0.3, 0.4) is 0 Å². The first kappa shape index (κ1) is 17.1. The number of hydrogen-bond acceptors (Lipinski definition) is 6. The number of anilines is 1. The van der Waals surface area contributed by atoms with Crippen molar-refractivity contribution in [1.82, 2.24) is 9.38 Å². The summed E-state index contributed by atoms with van der Waals surface area (Å²) in [7, 11) is 0. The summed E-state index contributed by atoms with van der Waals surface area (Å²) in [4.78, 5) is 30.1. The van der Waals surface area contributed by atoms with Gasteiger partial charge in [-0.15, -0.1) is 34.9 Å². The zero-order valence-corrected chi connectivity index (χ0v) is 15.3. The van der Waals surface area contributed by atoms with Crippen LogP contribution in [0.15, 0.2) is 51.6 Å². The summed E-state index contributed by atoms with van der Waals surface area (Å²) >= 11 is 4.49. The summed E-state index contributed by atoms with van der Waals surface area (Å²) in [6, 6.07) is 9.25. The minimum Gasteiger partial charge on any atom is -0.325 e. The van der Waals surface area contributed by atoms with Crippen LogP contribution in [0.5, 0.6) is 0 Å². The monoisotopic (exact) mass is 377 g/mol. The lowest BCUT2D eigenvalue weighted by Gasteiger charge is -2.06. The van der Waals surface area contributed by atoms with Crippen LogP contribution in [-0.2, 0) is 10.5 Å². The molecule has 8 heteroatoms. The summed E-state index contributed by atoms with van der Waals surface area (Å²) in [6.07, 6.45) is 3.71. The van der Waals surface area contributed by atoms with Crippen molar-refractivity contribution in [2.45, 2.75) is 10.6 Å². The number of amides is 1. The van der Waals surface area contributed by atoms with E-state index in [2.05, 4.69) is 10.3 Å². The molecule has 0 unspecified atom stereocenters. The second-order valence-electron chi connectivity index (χ2n) is 4.91. The van der Waals surface area contributed by atoms with E-state index in [1.54, 1.807) is 18.0 Å². The minimum atomic E-state index is -0.0878. The average molecular weight is 378 g/mol. The molecule has 2 aromatic heterocycles.